The van der Waals surface area contributed by atoms with Gasteiger partial charge in [-0.1, -0.05) is 0 Å². The molecule has 0 atom stereocenters. The van der Waals surface area contributed by atoms with Crippen LogP contribution in [0.3, 0.4) is 0 Å². The Bertz CT molecular complexity index is 377. The maximum Gasteiger partial charge on any atom is 0.449 e. The van der Waals surface area contributed by atoms with Crippen molar-refractivity contribution in [1.82, 2.24) is 9.97 Å². The minimum atomic E-state index is -4.67. The van der Waals surface area contributed by atoms with E-state index in [1.54, 1.807) is 4.98 Å². The summed E-state index contributed by atoms with van der Waals surface area (Å²) in [5.41, 5.74) is -1.02. The number of aromatic amines is 1. The zero-order chi connectivity index (χ0) is 10.1. The normalized spacial score (nSPS) is 9.79. The van der Waals surface area contributed by atoms with E-state index in [0.717, 1.165) is 0 Å². The van der Waals surface area contributed by atoms with Crippen molar-refractivity contribution in [3.8, 4) is 12.1 Å². The second kappa shape index (κ2) is 4.91. The van der Waals surface area contributed by atoms with Crippen LogP contribution in [0.15, 0.2) is 0 Å². The number of H-pyrrole nitrogens is 1. The molecule has 0 saturated heterocycles. The predicted molar refractivity (Wildman–Crippen MR) is 38.8 cm³/mol. The van der Waals surface area contributed by atoms with Crippen LogP contribution in [0.25, 0.3) is 0 Å². The number of halogens is 3. The number of hydrogen-bond acceptors (Lipinski definition) is 3. The molecule has 0 fully saturated rings. The smallest absolute Gasteiger partial charge is 0.325 e. The van der Waals surface area contributed by atoms with Crippen molar-refractivity contribution in [2.45, 2.75) is 6.18 Å². The van der Waals surface area contributed by atoms with Crippen molar-refractivity contribution < 1.29 is 13.2 Å². The molecule has 0 amide bonds. The molecule has 0 aliphatic rings. The summed E-state index contributed by atoms with van der Waals surface area (Å²) >= 11 is 0. The Morgan fingerprint density at radius 1 is 1.21 bits per heavy atom. The minimum absolute atomic E-state index is 0. The third-order valence-electron chi connectivity index (χ3n) is 1.19. The molecule has 1 radical (unpaired) electrons. The van der Waals surface area contributed by atoms with Crippen molar-refractivity contribution in [3.05, 3.63) is 17.2 Å². The fourth-order valence-corrected chi connectivity index (χ4v) is 0.669. The van der Waals surface area contributed by atoms with Crippen LogP contribution in [-0.2, 0) is 6.18 Å². The molecule has 0 spiro atoms. The van der Waals surface area contributed by atoms with Crippen LogP contribution in [0.4, 0.5) is 13.2 Å². The minimum Gasteiger partial charge on any atom is -0.325 e. The zero-order valence-electron chi connectivity index (χ0n) is 6.98. The van der Waals surface area contributed by atoms with Crippen LogP contribution in [-0.4, -0.2) is 61.4 Å². The summed E-state index contributed by atoms with van der Waals surface area (Å²) in [6.45, 7) is 0. The van der Waals surface area contributed by atoms with E-state index in [4.69, 9.17) is 10.5 Å². The first-order valence-electron chi connectivity index (χ1n) is 2.96. The Balaban J connectivity index is 0.00000169. The van der Waals surface area contributed by atoms with Crippen molar-refractivity contribution in [1.29, 1.82) is 10.5 Å². The molecule has 0 bridgehead atoms. The molecule has 1 N–H and O–H groups in total. The van der Waals surface area contributed by atoms with E-state index >= 15 is 0 Å². The number of hydrogen-bond donors (Lipinski definition) is 1. The summed E-state index contributed by atoms with van der Waals surface area (Å²) in [5, 5.41) is 16.6. The molecule has 0 aliphatic carbocycles. The number of nitrogens with zero attached hydrogens (tertiary/aromatic N) is 3. The molecule has 1 aromatic heterocycles. The van der Waals surface area contributed by atoms with Gasteiger partial charge in [-0.15, -0.1) is 0 Å². The van der Waals surface area contributed by atoms with Gasteiger partial charge in [0.1, 0.15) is 12.1 Å². The Morgan fingerprint density at radius 3 is 2.07 bits per heavy atom. The van der Waals surface area contributed by atoms with Crippen LogP contribution in [0.5, 0.6) is 0 Å². The van der Waals surface area contributed by atoms with Gasteiger partial charge in [0, 0.05) is 51.4 Å². The molecule has 1 rings (SSSR count). The number of rotatable bonds is 0. The van der Waals surface area contributed by atoms with Gasteiger partial charge in [-0.05, 0) is 0 Å². The van der Waals surface area contributed by atoms with Gasteiger partial charge in [-0.25, -0.2) is 4.98 Å². The fourth-order valence-electron chi connectivity index (χ4n) is 0.669. The first-order valence-corrected chi connectivity index (χ1v) is 2.96. The van der Waals surface area contributed by atoms with Gasteiger partial charge in [0.2, 0.25) is 5.82 Å². The summed E-state index contributed by atoms with van der Waals surface area (Å²) in [6.07, 6.45) is -4.67. The summed E-state index contributed by atoms with van der Waals surface area (Å²) in [5.74, 6) is -1.33. The van der Waals surface area contributed by atoms with Gasteiger partial charge < -0.3 is 4.98 Å². The maximum atomic E-state index is 11.9. The monoisotopic (exact) mass is 225 g/mol. The average molecular weight is 225 g/mol. The zero-order valence-corrected chi connectivity index (χ0v) is 10.1. The number of alkyl halides is 3. The number of nitrogens with one attached hydrogen (secondary N) is 1. The predicted octanol–water partition coefficient (Wildman–Crippen LogP) is 0.791. The number of imidazole rings is 1. The van der Waals surface area contributed by atoms with E-state index in [2.05, 4.69) is 4.98 Å². The maximum absolute atomic E-state index is 11.9. The number of nitriles is 2. The van der Waals surface area contributed by atoms with Crippen molar-refractivity contribution >= 4 is 51.4 Å². The van der Waals surface area contributed by atoms with Gasteiger partial charge in [-0.2, -0.15) is 23.7 Å². The van der Waals surface area contributed by atoms with Crippen molar-refractivity contribution in [3.63, 3.8) is 0 Å². The Kier molecular flexibility index (Phi) is 4.78. The third kappa shape index (κ3) is 2.80. The molecule has 67 valence electrons. The third-order valence-corrected chi connectivity index (χ3v) is 1.19. The van der Waals surface area contributed by atoms with Crippen LogP contribution < -0.4 is 0 Å². The van der Waals surface area contributed by atoms with Crippen molar-refractivity contribution in [2.75, 3.05) is 0 Å². The molecule has 0 aliphatic heterocycles. The first-order chi connectivity index (χ1) is 5.99. The van der Waals surface area contributed by atoms with Crippen LogP contribution in [0.2, 0.25) is 0 Å². The van der Waals surface area contributed by atoms with Crippen LogP contribution >= 0.6 is 0 Å². The summed E-state index contributed by atoms with van der Waals surface area (Å²) in [7, 11) is 0. The molecule has 4 nitrogen and oxygen atoms in total. The Morgan fingerprint density at radius 2 is 1.79 bits per heavy atom. The van der Waals surface area contributed by atoms with Gasteiger partial charge in [0.15, 0.2) is 11.4 Å². The molecule has 14 heavy (non-hydrogen) atoms. The van der Waals surface area contributed by atoms with Crippen LogP contribution in [0.1, 0.15) is 17.2 Å². The standard InChI is InChI=1S/C6HF3N4.K/c7-6(8,9)5-12-3(1-10)4(2-11)13-5;/h(H,12,13);. The van der Waals surface area contributed by atoms with E-state index in [9.17, 15) is 13.2 Å². The van der Waals surface area contributed by atoms with Crippen LogP contribution in [0, 0.1) is 22.7 Å². The molecular weight excluding hydrogens is 224 g/mol. The Labute approximate surface area is 119 Å². The molecule has 0 aromatic carbocycles. The van der Waals surface area contributed by atoms with E-state index in [0.29, 0.717) is 0 Å². The van der Waals surface area contributed by atoms with Gasteiger partial charge in [0.25, 0.3) is 0 Å². The van der Waals surface area contributed by atoms with E-state index in [1.165, 1.54) is 12.1 Å². The molecule has 1 heterocycles. The largest absolute Gasteiger partial charge is 0.449 e. The Hall–Kier alpha value is -0.384. The molecule has 1 aromatic rings. The van der Waals surface area contributed by atoms with E-state index in [1.807, 2.05) is 0 Å². The second-order valence-corrected chi connectivity index (χ2v) is 2.03. The average Bonchev–Trinajstić information content (AvgIpc) is 2.45. The van der Waals surface area contributed by atoms with Gasteiger partial charge in [0.05, 0.1) is 0 Å². The summed E-state index contributed by atoms with van der Waals surface area (Å²) in [6, 6.07) is 2.77. The second-order valence-electron chi connectivity index (χ2n) is 2.03. The molecule has 0 saturated carbocycles. The summed E-state index contributed by atoms with van der Waals surface area (Å²) in [4.78, 5) is 4.61. The van der Waals surface area contributed by atoms with E-state index in [-0.39, 0.29) is 51.4 Å². The number of aromatic nitrogens is 2. The fraction of sp³-hybridized carbons (Fsp3) is 0.167. The topological polar surface area (TPSA) is 76.3 Å². The quantitative estimate of drug-likeness (QED) is 0.663. The molecular formula is C6HF3KN4. The summed E-state index contributed by atoms with van der Waals surface area (Å²) < 4.78 is 35.8. The van der Waals surface area contributed by atoms with Gasteiger partial charge >= 0.3 is 6.18 Å². The molecule has 0 unspecified atom stereocenters. The van der Waals surface area contributed by atoms with Crippen molar-refractivity contribution in [2.24, 2.45) is 0 Å². The first kappa shape index (κ1) is 13.6. The SMILES string of the molecule is N#Cc1nc(C(F)(F)F)[nH]c1C#N.[K]. The molecule has 8 heteroatoms. The van der Waals surface area contributed by atoms with Gasteiger partial charge in [-0.3, -0.25) is 0 Å². The van der Waals surface area contributed by atoms with E-state index < -0.39 is 23.4 Å².